The van der Waals surface area contributed by atoms with Crippen LogP contribution in [-0.4, -0.2) is 14.7 Å². The van der Waals surface area contributed by atoms with Crippen molar-refractivity contribution in [1.82, 2.24) is 4.72 Å². The van der Waals surface area contributed by atoms with E-state index in [0.29, 0.717) is 0 Å². The van der Waals surface area contributed by atoms with Gasteiger partial charge in [-0.1, -0.05) is 0 Å². The van der Waals surface area contributed by atoms with Crippen LogP contribution in [0.1, 0.15) is 0 Å². The molecule has 0 aliphatic carbocycles. The highest BCUT2D eigenvalue weighted by Gasteiger charge is 1.95. The molecule has 0 radical (unpaired) electrons. The van der Waals surface area contributed by atoms with Crippen molar-refractivity contribution in [2.75, 3.05) is 0 Å². The van der Waals surface area contributed by atoms with Crippen LogP contribution in [0.4, 0.5) is 0 Å². The van der Waals surface area contributed by atoms with Gasteiger partial charge in [0.15, 0.2) is 5.96 Å². The van der Waals surface area contributed by atoms with Gasteiger partial charge in [-0.25, -0.2) is 4.21 Å². The molecule has 5 N–H and O–H groups in total. The van der Waals surface area contributed by atoms with Crippen LogP contribution in [0.25, 0.3) is 0 Å². The largest absolute Gasteiger partial charge is 0.369 e. The van der Waals surface area contributed by atoms with Crippen molar-refractivity contribution in [3.63, 3.8) is 0 Å². The van der Waals surface area contributed by atoms with Gasteiger partial charge in [-0.2, -0.15) is 0 Å². The van der Waals surface area contributed by atoms with Crippen molar-refractivity contribution in [3.05, 3.63) is 0 Å². The molecule has 0 fully saturated rings. The topological polar surface area (TPSA) is 99.2 Å². The second-order valence-corrected chi connectivity index (χ2v) is 3.50. The Hall–Kier alpha value is -0.400. The Morgan fingerprint density at radius 3 is 2.38 bits per heavy atom. The summed E-state index contributed by atoms with van der Waals surface area (Å²) in [5.74, 6) is -0.604. The molecule has 0 spiro atoms. The van der Waals surface area contributed by atoms with Gasteiger partial charge in [-0.15, -0.1) is 0 Å². The van der Waals surface area contributed by atoms with E-state index in [1.807, 2.05) is 0 Å². The van der Waals surface area contributed by atoms with E-state index in [1.165, 1.54) is 0 Å². The molecule has 0 aromatic heterocycles. The molecular formula is CH5N3O2S2. The Balaban J connectivity index is 3.95. The number of nitrogens with two attached hydrogens (primary N) is 1. The highest BCUT2D eigenvalue weighted by molar-refractivity contribution is 8.28. The SMILES string of the molecule is N=C(N)NS(=O)(O)=S. The number of nitrogens with one attached hydrogen (secondary N) is 2. The minimum Gasteiger partial charge on any atom is -0.369 e. The number of hydrogen-bond acceptors (Lipinski definition) is 3. The van der Waals surface area contributed by atoms with E-state index in [-0.39, 0.29) is 0 Å². The van der Waals surface area contributed by atoms with E-state index >= 15 is 0 Å². The van der Waals surface area contributed by atoms with Gasteiger partial charge >= 0.3 is 0 Å². The molecule has 1 atom stereocenters. The minimum atomic E-state index is -3.49. The fourth-order valence-electron chi connectivity index (χ4n) is 0.139. The lowest BCUT2D eigenvalue weighted by Crippen LogP contribution is -2.34. The van der Waals surface area contributed by atoms with Crippen molar-refractivity contribution in [2.45, 2.75) is 0 Å². The lowest BCUT2D eigenvalue weighted by atomic mass is 11.1. The third-order valence-corrected chi connectivity index (χ3v) is 0.967. The van der Waals surface area contributed by atoms with Crippen LogP contribution in [0.5, 0.6) is 0 Å². The molecule has 0 bridgehead atoms. The second-order valence-electron chi connectivity index (χ2n) is 0.991. The average Bonchev–Trinajstić information content (AvgIpc) is 1.21. The van der Waals surface area contributed by atoms with Gasteiger partial charge in [0.05, 0.1) is 0 Å². The molecule has 0 aliphatic heterocycles. The van der Waals surface area contributed by atoms with E-state index in [0.717, 1.165) is 0 Å². The van der Waals surface area contributed by atoms with Crippen LogP contribution < -0.4 is 10.5 Å². The summed E-state index contributed by atoms with van der Waals surface area (Å²) in [5.41, 5.74) is 4.64. The molecule has 0 saturated carbocycles. The summed E-state index contributed by atoms with van der Waals surface area (Å²) in [7, 11) is -3.49. The molecule has 0 aromatic carbocycles. The normalized spacial score (nSPS) is 16.6. The third-order valence-electron chi connectivity index (χ3n) is 0.239. The molecule has 0 rings (SSSR count). The molecule has 0 heterocycles. The fourth-order valence-corrected chi connectivity index (χ4v) is 0.686. The Kier molecular flexibility index (Phi) is 2.13. The summed E-state index contributed by atoms with van der Waals surface area (Å²) < 4.78 is 19.9. The van der Waals surface area contributed by atoms with Crippen molar-refractivity contribution in [2.24, 2.45) is 5.73 Å². The smallest absolute Gasteiger partial charge is 0.232 e. The monoisotopic (exact) mass is 155 g/mol. The van der Waals surface area contributed by atoms with Crippen LogP contribution in [-0.2, 0) is 20.1 Å². The quantitative estimate of drug-likeness (QED) is 0.276. The second kappa shape index (κ2) is 2.25. The zero-order valence-corrected chi connectivity index (χ0v) is 5.38. The predicted molar refractivity (Wildman–Crippen MR) is 33.2 cm³/mol. The van der Waals surface area contributed by atoms with Crippen molar-refractivity contribution < 1.29 is 8.76 Å². The van der Waals surface area contributed by atoms with E-state index < -0.39 is 14.9 Å². The van der Waals surface area contributed by atoms with Crippen LogP contribution >= 0.6 is 0 Å². The van der Waals surface area contributed by atoms with Crippen LogP contribution in [0.2, 0.25) is 0 Å². The summed E-state index contributed by atoms with van der Waals surface area (Å²) in [6.45, 7) is 0. The number of guanidine groups is 1. The Labute approximate surface area is 51.4 Å². The maximum absolute atomic E-state index is 10.0. The summed E-state index contributed by atoms with van der Waals surface area (Å²) >= 11 is 3.91. The fraction of sp³-hybridized carbons (Fsp3) is 0. The van der Waals surface area contributed by atoms with Crippen molar-refractivity contribution in [1.29, 1.82) is 5.41 Å². The first-order chi connectivity index (χ1) is 3.42. The molecule has 1 unspecified atom stereocenters. The molecular weight excluding hydrogens is 150 g/mol. The lowest BCUT2D eigenvalue weighted by Gasteiger charge is -1.97. The van der Waals surface area contributed by atoms with Gasteiger partial charge in [-0.05, 0) is 0 Å². The van der Waals surface area contributed by atoms with Crippen molar-refractivity contribution >= 4 is 26.1 Å². The van der Waals surface area contributed by atoms with Gasteiger partial charge in [0, 0.05) is 11.2 Å². The van der Waals surface area contributed by atoms with Gasteiger partial charge < -0.3 is 5.73 Å². The van der Waals surface area contributed by atoms with E-state index in [9.17, 15) is 4.21 Å². The number of hydrogen-bond donors (Lipinski definition) is 4. The van der Waals surface area contributed by atoms with Gasteiger partial charge in [-0.3, -0.25) is 14.7 Å². The third kappa shape index (κ3) is 5.60. The first-order valence-electron chi connectivity index (χ1n) is 1.51. The summed E-state index contributed by atoms with van der Waals surface area (Å²) in [5, 5.41) is 6.41. The van der Waals surface area contributed by atoms with Gasteiger partial charge in [0.2, 0.25) is 8.96 Å². The maximum Gasteiger partial charge on any atom is 0.232 e. The zero-order chi connectivity index (χ0) is 6.78. The van der Waals surface area contributed by atoms with Gasteiger partial charge in [0.25, 0.3) is 0 Å². The predicted octanol–water partition coefficient (Wildman–Crippen LogP) is -1.40. The molecule has 0 saturated heterocycles. The Morgan fingerprint density at radius 2 is 2.38 bits per heavy atom. The zero-order valence-electron chi connectivity index (χ0n) is 3.75. The molecule has 8 heavy (non-hydrogen) atoms. The Morgan fingerprint density at radius 1 is 2.00 bits per heavy atom. The summed E-state index contributed by atoms with van der Waals surface area (Å²) in [6, 6.07) is 0. The minimum absolute atomic E-state index is 0.604. The van der Waals surface area contributed by atoms with Crippen LogP contribution in [0.3, 0.4) is 0 Å². The van der Waals surface area contributed by atoms with Crippen LogP contribution in [0.15, 0.2) is 0 Å². The van der Waals surface area contributed by atoms with Gasteiger partial charge in [0.1, 0.15) is 0 Å². The molecule has 0 amide bonds. The van der Waals surface area contributed by atoms with Crippen LogP contribution in [0, 0.1) is 5.41 Å². The highest BCUT2D eigenvalue weighted by Crippen LogP contribution is 1.68. The summed E-state index contributed by atoms with van der Waals surface area (Å²) in [6.07, 6.45) is 0. The standard InChI is InChI=1S/CH5N3O2S2/c2-1(3)4-8(5,6)7/h(H4,2,3,4)(H,5,6,7). The van der Waals surface area contributed by atoms with E-state index in [1.54, 1.807) is 4.72 Å². The van der Waals surface area contributed by atoms with E-state index in [2.05, 4.69) is 16.9 Å². The number of rotatable bonds is 1. The first kappa shape index (κ1) is 7.60. The molecule has 48 valence electrons. The molecule has 0 aromatic rings. The van der Waals surface area contributed by atoms with Crippen molar-refractivity contribution in [3.8, 4) is 0 Å². The molecule has 0 aliphatic rings. The molecule has 5 nitrogen and oxygen atoms in total. The van der Waals surface area contributed by atoms with E-state index in [4.69, 9.17) is 9.96 Å². The summed E-state index contributed by atoms with van der Waals surface area (Å²) in [4.78, 5) is 0. The maximum atomic E-state index is 10.0. The first-order valence-corrected chi connectivity index (χ1v) is 3.95. The average molecular weight is 155 g/mol. The Bertz CT molecular complexity index is 181. The molecule has 7 heteroatoms. The lowest BCUT2D eigenvalue weighted by molar-refractivity contribution is 0.557. The highest BCUT2D eigenvalue weighted by atomic mass is 32.8.